The van der Waals surface area contributed by atoms with Crippen molar-refractivity contribution < 1.29 is 40.6 Å². The lowest BCUT2D eigenvalue weighted by Gasteiger charge is -2.41. The first-order valence-corrected chi connectivity index (χ1v) is 10.8. The van der Waals surface area contributed by atoms with Crippen molar-refractivity contribution in [2.45, 2.75) is 55.8 Å². The standard InChI is InChI=1S/C24H26F6N2O3/c1-16(23(25,26)27)12-21(15-33,13-17(2)24(28,29)30)35-20(31-3)32-10-8-22(9-11-32)19-7-5-4-6-18(19)14-34-22/h4-7,15H,1-2,8-14H2,3H3/b31-20-. The summed E-state index contributed by atoms with van der Waals surface area (Å²) in [4.78, 5) is 17.5. The van der Waals surface area contributed by atoms with Gasteiger partial charge in [0.25, 0.3) is 6.02 Å². The second-order valence-electron chi connectivity index (χ2n) is 8.77. The Balaban J connectivity index is 1.81. The quantitative estimate of drug-likeness (QED) is 0.170. The molecule has 0 saturated carbocycles. The van der Waals surface area contributed by atoms with Crippen LogP contribution in [0.2, 0.25) is 0 Å². The molecule has 3 rings (SSSR count). The molecule has 0 unspecified atom stereocenters. The molecule has 1 aromatic rings. The molecule has 5 nitrogen and oxygen atoms in total. The van der Waals surface area contributed by atoms with Crippen LogP contribution in [0.5, 0.6) is 0 Å². The van der Waals surface area contributed by atoms with Gasteiger partial charge in [-0.3, -0.25) is 4.79 Å². The van der Waals surface area contributed by atoms with Crippen molar-refractivity contribution >= 4 is 12.3 Å². The molecule has 0 N–H and O–H groups in total. The molecule has 0 aromatic heterocycles. The SMILES string of the molecule is C=C(CC(C=O)(CC(=C)C(F)(F)F)O/C(=N\C)N1CCC2(CC1)OCc1ccccc12)C(F)(F)F. The Morgan fingerprint density at radius 2 is 1.63 bits per heavy atom. The third-order valence-electron chi connectivity index (χ3n) is 6.38. The average Bonchev–Trinajstić information content (AvgIpc) is 3.15. The summed E-state index contributed by atoms with van der Waals surface area (Å²) in [6.45, 7) is 6.85. The third kappa shape index (κ3) is 5.71. The number of carbonyl (C=O) groups excluding carboxylic acids is 1. The number of amidine groups is 1. The monoisotopic (exact) mass is 504 g/mol. The highest BCUT2D eigenvalue weighted by molar-refractivity contribution is 5.78. The van der Waals surface area contributed by atoms with Crippen LogP contribution in [0.25, 0.3) is 0 Å². The van der Waals surface area contributed by atoms with E-state index in [9.17, 15) is 31.1 Å². The van der Waals surface area contributed by atoms with Gasteiger partial charge < -0.3 is 14.4 Å². The molecule has 0 atom stereocenters. The van der Waals surface area contributed by atoms with Crippen LogP contribution in [-0.2, 0) is 26.5 Å². The zero-order valence-corrected chi connectivity index (χ0v) is 19.1. The number of carbonyl (C=O) groups is 1. The Morgan fingerprint density at radius 3 is 2.11 bits per heavy atom. The molecule has 192 valence electrons. The average molecular weight is 504 g/mol. The maximum Gasteiger partial charge on any atom is 0.412 e. The minimum Gasteiger partial charge on any atom is -0.450 e. The fourth-order valence-corrected chi connectivity index (χ4v) is 4.46. The molecule has 35 heavy (non-hydrogen) atoms. The molecular formula is C24H26F6N2O3. The van der Waals surface area contributed by atoms with Crippen LogP contribution >= 0.6 is 0 Å². The minimum atomic E-state index is -4.93. The summed E-state index contributed by atoms with van der Waals surface area (Å²) in [6, 6.07) is 7.53. The number of aliphatic imine (C=N–C) groups is 1. The second kappa shape index (κ2) is 9.67. The van der Waals surface area contributed by atoms with Crippen molar-refractivity contribution in [3.8, 4) is 0 Å². The molecule has 2 aliphatic rings. The zero-order valence-electron chi connectivity index (χ0n) is 19.1. The van der Waals surface area contributed by atoms with Crippen molar-refractivity contribution in [2.75, 3.05) is 20.1 Å². The highest BCUT2D eigenvalue weighted by atomic mass is 19.4. The highest BCUT2D eigenvalue weighted by Crippen LogP contribution is 2.44. The number of hydrogen-bond acceptors (Lipinski definition) is 4. The second-order valence-corrected chi connectivity index (χ2v) is 8.77. The highest BCUT2D eigenvalue weighted by Gasteiger charge is 2.48. The van der Waals surface area contributed by atoms with E-state index in [0.29, 0.717) is 32.5 Å². The Bertz CT molecular complexity index is 979. The van der Waals surface area contributed by atoms with E-state index in [1.807, 2.05) is 24.3 Å². The van der Waals surface area contributed by atoms with Gasteiger partial charge in [0.05, 0.1) is 12.2 Å². The third-order valence-corrected chi connectivity index (χ3v) is 6.38. The first kappa shape index (κ1) is 26.8. The summed E-state index contributed by atoms with van der Waals surface area (Å²) in [5.74, 6) is 0. The van der Waals surface area contributed by atoms with E-state index in [-0.39, 0.29) is 12.3 Å². The summed E-state index contributed by atoms with van der Waals surface area (Å²) >= 11 is 0. The van der Waals surface area contributed by atoms with Crippen LogP contribution in [0.3, 0.4) is 0 Å². The van der Waals surface area contributed by atoms with Crippen molar-refractivity contribution in [3.05, 3.63) is 59.7 Å². The first-order chi connectivity index (χ1) is 16.3. The van der Waals surface area contributed by atoms with E-state index in [4.69, 9.17) is 9.47 Å². The smallest absolute Gasteiger partial charge is 0.412 e. The number of aldehydes is 1. The fraction of sp³-hybridized carbons (Fsp3) is 0.500. The Morgan fingerprint density at radius 1 is 1.09 bits per heavy atom. The van der Waals surface area contributed by atoms with Gasteiger partial charge in [0.1, 0.15) is 0 Å². The molecule has 2 heterocycles. The van der Waals surface area contributed by atoms with Gasteiger partial charge in [0, 0.05) is 44.1 Å². The lowest BCUT2D eigenvalue weighted by molar-refractivity contribution is -0.131. The van der Waals surface area contributed by atoms with Gasteiger partial charge in [-0.25, -0.2) is 4.99 Å². The summed E-state index contributed by atoms with van der Waals surface area (Å²) in [5, 5.41) is 0. The van der Waals surface area contributed by atoms with E-state index < -0.39 is 47.5 Å². The van der Waals surface area contributed by atoms with Crippen LogP contribution in [0.15, 0.2) is 53.6 Å². The molecule has 1 aromatic carbocycles. The summed E-state index contributed by atoms with van der Waals surface area (Å²) in [7, 11) is 1.29. The number of ether oxygens (including phenoxy) is 2. The maximum absolute atomic E-state index is 13.2. The molecule has 1 fully saturated rings. The molecule has 0 amide bonds. The molecule has 1 saturated heterocycles. The Hall–Kier alpha value is -2.82. The summed E-state index contributed by atoms with van der Waals surface area (Å²) in [6.07, 6.45) is -11.3. The van der Waals surface area contributed by atoms with Crippen LogP contribution < -0.4 is 0 Å². The van der Waals surface area contributed by atoms with Gasteiger partial charge >= 0.3 is 12.4 Å². The normalized spacial score (nSPS) is 18.4. The summed E-state index contributed by atoms with van der Waals surface area (Å²) < 4.78 is 90.7. The van der Waals surface area contributed by atoms with Crippen molar-refractivity contribution in [1.29, 1.82) is 0 Å². The number of nitrogens with zero attached hydrogens (tertiary/aromatic N) is 2. The minimum absolute atomic E-state index is 0.0617. The first-order valence-electron chi connectivity index (χ1n) is 10.8. The topological polar surface area (TPSA) is 51.1 Å². The lowest BCUT2D eigenvalue weighted by Crippen LogP contribution is -2.50. The molecule has 11 heteroatoms. The molecular weight excluding hydrogens is 478 g/mol. The van der Waals surface area contributed by atoms with Gasteiger partial charge in [0.2, 0.25) is 0 Å². The van der Waals surface area contributed by atoms with E-state index in [1.54, 1.807) is 4.90 Å². The molecule has 2 aliphatic heterocycles. The summed E-state index contributed by atoms with van der Waals surface area (Å²) in [5.41, 5.74) is -3.76. The molecule has 1 spiro atoms. The van der Waals surface area contributed by atoms with E-state index in [0.717, 1.165) is 11.1 Å². The largest absolute Gasteiger partial charge is 0.450 e. The van der Waals surface area contributed by atoms with Gasteiger partial charge in [0.15, 0.2) is 11.9 Å². The van der Waals surface area contributed by atoms with Crippen LogP contribution in [0.1, 0.15) is 36.8 Å². The van der Waals surface area contributed by atoms with Gasteiger partial charge in [-0.15, -0.1) is 0 Å². The van der Waals surface area contributed by atoms with E-state index >= 15 is 0 Å². The van der Waals surface area contributed by atoms with Crippen LogP contribution in [-0.4, -0.2) is 55.3 Å². The number of likely N-dealkylation sites (tertiary alicyclic amines) is 1. The predicted octanol–water partition coefficient (Wildman–Crippen LogP) is 5.47. The Kier molecular flexibility index (Phi) is 7.40. The van der Waals surface area contributed by atoms with Crippen molar-refractivity contribution in [3.63, 3.8) is 0 Å². The number of rotatable bonds is 6. The lowest BCUT2D eigenvalue weighted by atomic mass is 9.84. The number of halogens is 6. The van der Waals surface area contributed by atoms with Crippen molar-refractivity contribution in [1.82, 2.24) is 4.90 Å². The zero-order chi connectivity index (χ0) is 26.1. The Labute approximate surface area is 199 Å². The van der Waals surface area contributed by atoms with Crippen molar-refractivity contribution in [2.24, 2.45) is 4.99 Å². The molecule has 0 bridgehead atoms. The van der Waals surface area contributed by atoms with Crippen LogP contribution in [0.4, 0.5) is 26.3 Å². The van der Waals surface area contributed by atoms with E-state index in [1.165, 1.54) is 7.05 Å². The van der Waals surface area contributed by atoms with Crippen LogP contribution in [0, 0.1) is 0 Å². The molecule has 0 aliphatic carbocycles. The fourth-order valence-electron chi connectivity index (χ4n) is 4.46. The number of hydrogen-bond donors (Lipinski definition) is 0. The van der Waals surface area contributed by atoms with Gasteiger partial charge in [-0.1, -0.05) is 37.4 Å². The van der Waals surface area contributed by atoms with Gasteiger partial charge in [-0.2, -0.15) is 26.3 Å². The van der Waals surface area contributed by atoms with Gasteiger partial charge in [-0.05, 0) is 24.0 Å². The predicted molar refractivity (Wildman–Crippen MR) is 117 cm³/mol. The number of alkyl halides is 6. The number of fused-ring (bicyclic) bond motifs is 2. The number of benzene rings is 1. The number of piperidine rings is 1. The maximum atomic E-state index is 13.2. The van der Waals surface area contributed by atoms with E-state index in [2.05, 4.69) is 18.2 Å². The molecule has 0 radical (unpaired) electrons.